The molecule has 0 atom stereocenters. The van der Waals surface area contributed by atoms with Crippen molar-refractivity contribution in [2.75, 3.05) is 5.32 Å². The molecule has 0 aliphatic carbocycles. The van der Waals surface area contributed by atoms with E-state index in [9.17, 15) is 10.1 Å². The minimum absolute atomic E-state index is 0.0659. The number of carbonyl (C=O) groups excluding carboxylic acids is 1. The second kappa shape index (κ2) is 8.04. The molecule has 1 heterocycles. The first-order valence-corrected chi connectivity index (χ1v) is 8.61. The van der Waals surface area contributed by atoms with Crippen molar-refractivity contribution in [3.05, 3.63) is 57.4 Å². The smallest absolute Gasteiger partial charge is 0.266 e. The minimum atomic E-state index is -0.437. The summed E-state index contributed by atoms with van der Waals surface area (Å²) in [4.78, 5) is 12.5. The van der Waals surface area contributed by atoms with E-state index in [1.54, 1.807) is 18.2 Å². The van der Waals surface area contributed by atoms with Crippen LogP contribution in [0.3, 0.4) is 0 Å². The lowest BCUT2D eigenvalue weighted by Crippen LogP contribution is -2.14. The zero-order valence-corrected chi connectivity index (χ0v) is 15.7. The summed E-state index contributed by atoms with van der Waals surface area (Å²) in [7, 11) is 0. The number of nitrogens with one attached hydrogen (secondary N) is 1. The molecule has 0 saturated carbocycles. The molecule has 0 fully saturated rings. The van der Waals surface area contributed by atoms with Gasteiger partial charge in [-0.25, -0.2) is 0 Å². The third-order valence-electron chi connectivity index (χ3n) is 4.17. The van der Waals surface area contributed by atoms with Gasteiger partial charge in [0.05, 0.1) is 0 Å². The third-order valence-corrected chi connectivity index (χ3v) is 4.41. The summed E-state index contributed by atoms with van der Waals surface area (Å²) in [6, 6.07) is 9.26. The molecular formula is C20H22ClN3O. The van der Waals surface area contributed by atoms with E-state index in [0.717, 1.165) is 35.5 Å². The molecule has 5 heteroatoms. The number of halogens is 1. The van der Waals surface area contributed by atoms with Crippen molar-refractivity contribution in [1.29, 1.82) is 5.26 Å². The van der Waals surface area contributed by atoms with Crippen LogP contribution in [0.2, 0.25) is 5.02 Å². The van der Waals surface area contributed by atoms with Gasteiger partial charge in [0.15, 0.2) is 0 Å². The van der Waals surface area contributed by atoms with Crippen LogP contribution in [-0.4, -0.2) is 10.5 Å². The highest BCUT2D eigenvalue weighted by Crippen LogP contribution is 2.22. The molecule has 0 radical (unpaired) electrons. The highest BCUT2D eigenvalue weighted by molar-refractivity contribution is 6.31. The van der Waals surface area contributed by atoms with Gasteiger partial charge < -0.3 is 9.88 Å². The molecule has 0 spiro atoms. The van der Waals surface area contributed by atoms with Crippen molar-refractivity contribution >= 4 is 29.3 Å². The fourth-order valence-corrected chi connectivity index (χ4v) is 2.94. The first-order valence-electron chi connectivity index (χ1n) is 8.23. The van der Waals surface area contributed by atoms with Gasteiger partial charge in [-0.3, -0.25) is 4.79 Å². The Morgan fingerprint density at radius 3 is 2.68 bits per heavy atom. The number of hydrogen-bond donors (Lipinski definition) is 1. The number of nitrogens with zero attached hydrogens (tertiary/aromatic N) is 2. The Labute approximate surface area is 153 Å². The van der Waals surface area contributed by atoms with Gasteiger partial charge in [0.1, 0.15) is 11.6 Å². The van der Waals surface area contributed by atoms with Crippen molar-refractivity contribution in [2.24, 2.45) is 0 Å². The van der Waals surface area contributed by atoms with Crippen molar-refractivity contribution < 1.29 is 4.79 Å². The molecule has 2 rings (SSSR count). The lowest BCUT2D eigenvalue weighted by atomic mass is 10.1. The van der Waals surface area contributed by atoms with Crippen LogP contribution >= 0.6 is 11.6 Å². The summed E-state index contributed by atoms with van der Waals surface area (Å²) in [6.07, 6.45) is 2.67. The molecule has 25 heavy (non-hydrogen) atoms. The Morgan fingerprint density at radius 1 is 1.32 bits per heavy atom. The number of carbonyl (C=O) groups is 1. The molecular weight excluding hydrogens is 334 g/mol. The van der Waals surface area contributed by atoms with E-state index in [0.29, 0.717) is 10.7 Å². The number of anilines is 1. The Hall–Kier alpha value is -2.51. The van der Waals surface area contributed by atoms with Gasteiger partial charge in [0, 0.05) is 28.6 Å². The van der Waals surface area contributed by atoms with Crippen LogP contribution in [-0.2, 0) is 11.3 Å². The maximum atomic E-state index is 12.5. The number of amides is 1. The van der Waals surface area contributed by atoms with Crippen molar-refractivity contribution in [3.8, 4) is 6.07 Å². The summed E-state index contributed by atoms with van der Waals surface area (Å²) < 4.78 is 2.19. The normalized spacial score (nSPS) is 11.3. The topological polar surface area (TPSA) is 57.8 Å². The summed E-state index contributed by atoms with van der Waals surface area (Å²) in [5.74, 6) is -0.437. The Kier molecular flexibility index (Phi) is 6.06. The van der Waals surface area contributed by atoms with Gasteiger partial charge >= 0.3 is 0 Å². The standard InChI is InChI=1S/C20H22ClN3O/c1-5-8-24-14(3)9-16(15(24)4)10-17(12-22)20(25)23-19-11-18(21)7-6-13(19)2/h6-7,9-11H,5,8H2,1-4H3,(H,23,25)/b17-10-. The first-order chi connectivity index (χ1) is 11.9. The molecule has 0 saturated heterocycles. The summed E-state index contributed by atoms with van der Waals surface area (Å²) in [5, 5.41) is 12.7. The predicted octanol–water partition coefficient (Wildman–Crippen LogP) is 5.02. The second-order valence-corrected chi connectivity index (χ2v) is 6.50. The van der Waals surface area contributed by atoms with E-state index in [2.05, 4.69) is 16.8 Å². The fourth-order valence-electron chi connectivity index (χ4n) is 2.76. The molecule has 4 nitrogen and oxygen atoms in total. The fraction of sp³-hybridized carbons (Fsp3) is 0.300. The summed E-state index contributed by atoms with van der Waals surface area (Å²) in [6.45, 7) is 8.95. The maximum absolute atomic E-state index is 12.5. The van der Waals surface area contributed by atoms with E-state index < -0.39 is 5.91 Å². The molecule has 0 bridgehead atoms. The Morgan fingerprint density at radius 2 is 2.04 bits per heavy atom. The number of benzene rings is 1. The average molecular weight is 356 g/mol. The van der Waals surface area contributed by atoms with E-state index in [1.165, 1.54) is 0 Å². The largest absolute Gasteiger partial charge is 0.349 e. The lowest BCUT2D eigenvalue weighted by molar-refractivity contribution is -0.112. The van der Waals surface area contributed by atoms with Crippen LogP contribution < -0.4 is 5.32 Å². The SMILES string of the molecule is CCCn1c(C)cc(/C=C(/C#N)C(=O)Nc2cc(Cl)ccc2C)c1C. The van der Waals surface area contributed by atoms with Gasteiger partial charge in [-0.05, 0) is 62.6 Å². The van der Waals surface area contributed by atoms with Crippen LogP contribution in [0.5, 0.6) is 0 Å². The Balaban J connectivity index is 2.32. The molecule has 130 valence electrons. The summed E-state index contributed by atoms with van der Waals surface area (Å²) in [5.41, 5.74) is 4.62. The van der Waals surface area contributed by atoms with E-state index in [4.69, 9.17) is 11.6 Å². The van der Waals surface area contributed by atoms with E-state index in [1.807, 2.05) is 39.0 Å². The molecule has 1 aromatic carbocycles. The zero-order chi connectivity index (χ0) is 18.6. The molecule has 0 unspecified atom stereocenters. The maximum Gasteiger partial charge on any atom is 0.266 e. The molecule has 2 aromatic rings. The van der Waals surface area contributed by atoms with Crippen molar-refractivity contribution in [2.45, 2.75) is 40.7 Å². The monoisotopic (exact) mass is 355 g/mol. The van der Waals surface area contributed by atoms with Gasteiger partial charge in [-0.1, -0.05) is 24.6 Å². The lowest BCUT2D eigenvalue weighted by Gasteiger charge is -2.09. The number of aryl methyl sites for hydroxylation is 2. The van der Waals surface area contributed by atoms with Gasteiger partial charge in [-0.2, -0.15) is 5.26 Å². The highest BCUT2D eigenvalue weighted by atomic mass is 35.5. The van der Waals surface area contributed by atoms with Crippen molar-refractivity contribution in [1.82, 2.24) is 4.57 Å². The molecule has 0 aliphatic rings. The van der Waals surface area contributed by atoms with E-state index in [-0.39, 0.29) is 5.57 Å². The summed E-state index contributed by atoms with van der Waals surface area (Å²) >= 11 is 5.98. The minimum Gasteiger partial charge on any atom is -0.349 e. The second-order valence-electron chi connectivity index (χ2n) is 6.06. The molecule has 0 aliphatic heterocycles. The highest BCUT2D eigenvalue weighted by Gasteiger charge is 2.14. The van der Waals surface area contributed by atoms with E-state index >= 15 is 0 Å². The van der Waals surface area contributed by atoms with Crippen LogP contribution in [0.4, 0.5) is 5.69 Å². The quantitative estimate of drug-likeness (QED) is 0.604. The third kappa shape index (κ3) is 4.32. The molecule has 1 amide bonds. The van der Waals surface area contributed by atoms with Crippen LogP contribution in [0.1, 0.15) is 35.9 Å². The molecule has 1 N–H and O–H groups in total. The molecule has 1 aromatic heterocycles. The zero-order valence-electron chi connectivity index (χ0n) is 15.0. The van der Waals surface area contributed by atoms with Gasteiger partial charge in [-0.15, -0.1) is 0 Å². The van der Waals surface area contributed by atoms with Crippen LogP contribution in [0.25, 0.3) is 6.08 Å². The predicted molar refractivity (Wildman–Crippen MR) is 103 cm³/mol. The average Bonchev–Trinajstić information content (AvgIpc) is 2.83. The first kappa shape index (κ1) is 18.8. The number of rotatable bonds is 5. The van der Waals surface area contributed by atoms with Gasteiger partial charge in [0.2, 0.25) is 0 Å². The number of aromatic nitrogens is 1. The van der Waals surface area contributed by atoms with Crippen LogP contribution in [0, 0.1) is 32.1 Å². The number of hydrogen-bond acceptors (Lipinski definition) is 2. The van der Waals surface area contributed by atoms with Crippen LogP contribution in [0.15, 0.2) is 29.8 Å². The van der Waals surface area contributed by atoms with Crippen molar-refractivity contribution in [3.63, 3.8) is 0 Å². The van der Waals surface area contributed by atoms with Gasteiger partial charge in [0.25, 0.3) is 5.91 Å². The Bertz CT molecular complexity index is 872. The number of nitriles is 1.